The summed E-state index contributed by atoms with van der Waals surface area (Å²) in [7, 11) is 1.64. The van der Waals surface area contributed by atoms with Gasteiger partial charge in [0.2, 0.25) is 0 Å². The Morgan fingerprint density at radius 2 is 1.85 bits per heavy atom. The van der Waals surface area contributed by atoms with Gasteiger partial charge in [-0.25, -0.2) is 9.97 Å². The Morgan fingerprint density at radius 1 is 1.11 bits per heavy atom. The second-order valence-electron chi connectivity index (χ2n) is 7.10. The van der Waals surface area contributed by atoms with Gasteiger partial charge in [0, 0.05) is 23.6 Å². The predicted molar refractivity (Wildman–Crippen MR) is 109 cm³/mol. The zero-order valence-corrected chi connectivity index (χ0v) is 17.0. The molecule has 0 amide bonds. The molecule has 0 saturated carbocycles. The first-order valence-corrected chi connectivity index (χ1v) is 9.90. The molecule has 1 aromatic carbocycles. The standard InChI is InChI=1S/C22H29N3O2/c1-6-15(7-2)24-22-18(8-3)25-21(13(4)23-22)17-11-14-9-10-19(26)16(14)12-20(17)27-5/h11-12,15H,6-10H2,1-5H3,(H,23,24). The molecule has 0 fully saturated rings. The third-order valence-electron chi connectivity index (χ3n) is 5.41. The number of aryl methyl sites for hydroxylation is 3. The molecule has 27 heavy (non-hydrogen) atoms. The lowest BCUT2D eigenvalue weighted by molar-refractivity contribution is 0.0994. The molecule has 5 heteroatoms. The lowest BCUT2D eigenvalue weighted by Gasteiger charge is -2.20. The van der Waals surface area contributed by atoms with Crippen molar-refractivity contribution in [2.24, 2.45) is 0 Å². The van der Waals surface area contributed by atoms with Crippen molar-refractivity contribution in [2.45, 2.75) is 65.8 Å². The van der Waals surface area contributed by atoms with Crippen LogP contribution in [0.2, 0.25) is 0 Å². The van der Waals surface area contributed by atoms with Crippen LogP contribution in [-0.4, -0.2) is 28.9 Å². The molecular formula is C22H29N3O2. The van der Waals surface area contributed by atoms with Crippen LogP contribution in [0.4, 0.5) is 5.82 Å². The molecule has 2 aromatic rings. The number of nitrogens with zero attached hydrogens (tertiary/aromatic N) is 2. The molecule has 1 aliphatic carbocycles. The molecule has 1 aromatic heterocycles. The van der Waals surface area contributed by atoms with E-state index >= 15 is 0 Å². The van der Waals surface area contributed by atoms with E-state index in [-0.39, 0.29) is 5.78 Å². The van der Waals surface area contributed by atoms with E-state index in [9.17, 15) is 4.79 Å². The number of benzene rings is 1. The van der Waals surface area contributed by atoms with Crippen LogP contribution in [0.1, 0.15) is 67.3 Å². The Bertz CT molecular complexity index is 857. The Morgan fingerprint density at radius 3 is 2.48 bits per heavy atom. The highest BCUT2D eigenvalue weighted by Gasteiger charge is 2.24. The van der Waals surface area contributed by atoms with Gasteiger partial charge in [-0.1, -0.05) is 20.8 Å². The number of carbonyl (C=O) groups is 1. The largest absolute Gasteiger partial charge is 0.496 e. The van der Waals surface area contributed by atoms with E-state index in [2.05, 4.69) is 32.2 Å². The minimum atomic E-state index is 0.191. The summed E-state index contributed by atoms with van der Waals surface area (Å²) in [6.07, 6.45) is 4.26. The maximum Gasteiger partial charge on any atom is 0.163 e. The third kappa shape index (κ3) is 3.68. The summed E-state index contributed by atoms with van der Waals surface area (Å²) < 4.78 is 5.60. The first-order valence-electron chi connectivity index (χ1n) is 9.90. The average Bonchev–Trinajstić information content (AvgIpc) is 3.05. The van der Waals surface area contributed by atoms with Crippen molar-refractivity contribution in [3.63, 3.8) is 0 Å². The van der Waals surface area contributed by atoms with Crippen LogP contribution in [0.15, 0.2) is 12.1 Å². The van der Waals surface area contributed by atoms with Crippen molar-refractivity contribution in [3.05, 3.63) is 34.6 Å². The third-order valence-corrected chi connectivity index (χ3v) is 5.41. The summed E-state index contributed by atoms with van der Waals surface area (Å²) in [4.78, 5) is 21.9. The van der Waals surface area contributed by atoms with E-state index in [0.29, 0.717) is 18.2 Å². The minimum absolute atomic E-state index is 0.191. The molecule has 1 aliphatic rings. The van der Waals surface area contributed by atoms with Crippen LogP contribution in [0.5, 0.6) is 5.75 Å². The highest BCUT2D eigenvalue weighted by Crippen LogP contribution is 2.37. The fourth-order valence-corrected chi connectivity index (χ4v) is 3.69. The van der Waals surface area contributed by atoms with Gasteiger partial charge in [-0.3, -0.25) is 4.79 Å². The number of hydrogen-bond donors (Lipinski definition) is 1. The van der Waals surface area contributed by atoms with Crippen molar-refractivity contribution in [2.75, 3.05) is 12.4 Å². The highest BCUT2D eigenvalue weighted by atomic mass is 16.5. The summed E-state index contributed by atoms with van der Waals surface area (Å²) in [5.41, 5.74) is 5.43. The van der Waals surface area contributed by atoms with Crippen molar-refractivity contribution in [1.82, 2.24) is 9.97 Å². The van der Waals surface area contributed by atoms with Gasteiger partial charge in [-0.2, -0.15) is 0 Å². The molecule has 0 atom stereocenters. The maximum atomic E-state index is 12.1. The highest BCUT2D eigenvalue weighted by molar-refractivity contribution is 6.01. The topological polar surface area (TPSA) is 64.1 Å². The lowest BCUT2D eigenvalue weighted by Crippen LogP contribution is -2.20. The van der Waals surface area contributed by atoms with Crippen molar-refractivity contribution >= 4 is 11.6 Å². The maximum absolute atomic E-state index is 12.1. The van der Waals surface area contributed by atoms with Crippen molar-refractivity contribution < 1.29 is 9.53 Å². The smallest absolute Gasteiger partial charge is 0.163 e. The Kier molecular flexibility index (Phi) is 5.78. The summed E-state index contributed by atoms with van der Waals surface area (Å²) in [5.74, 6) is 1.75. The normalized spacial score (nSPS) is 13.2. The summed E-state index contributed by atoms with van der Waals surface area (Å²) in [6, 6.07) is 4.32. The molecule has 1 heterocycles. The van der Waals surface area contributed by atoms with E-state index in [0.717, 1.165) is 65.3 Å². The molecule has 0 aliphatic heterocycles. The number of ketones is 1. The van der Waals surface area contributed by atoms with Gasteiger partial charge in [0.1, 0.15) is 11.6 Å². The molecular weight excluding hydrogens is 338 g/mol. The zero-order valence-electron chi connectivity index (χ0n) is 17.0. The quantitative estimate of drug-likeness (QED) is 0.765. The van der Waals surface area contributed by atoms with Crippen LogP contribution in [0.25, 0.3) is 11.3 Å². The van der Waals surface area contributed by atoms with E-state index in [1.807, 2.05) is 13.0 Å². The molecule has 144 valence electrons. The number of fused-ring (bicyclic) bond motifs is 1. The number of Topliss-reactive ketones (excluding diaryl/α,β-unsaturated/α-hetero) is 1. The molecule has 0 radical (unpaired) electrons. The minimum Gasteiger partial charge on any atom is -0.496 e. The van der Waals surface area contributed by atoms with Crippen LogP contribution < -0.4 is 10.1 Å². The predicted octanol–water partition coefficient (Wildman–Crippen LogP) is 4.75. The molecule has 0 unspecified atom stereocenters. The van der Waals surface area contributed by atoms with E-state index in [4.69, 9.17) is 14.7 Å². The van der Waals surface area contributed by atoms with Gasteiger partial charge in [-0.15, -0.1) is 0 Å². The second-order valence-corrected chi connectivity index (χ2v) is 7.10. The fraction of sp³-hybridized carbons (Fsp3) is 0.500. The monoisotopic (exact) mass is 367 g/mol. The van der Waals surface area contributed by atoms with Gasteiger partial charge < -0.3 is 10.1 Å². The van der Waals surface area contributed by atoms with Crippen LogP contribution in [0, 0.1) is 6.92 Å². The fourth-order valence-electron chi connectivity index (χ4n) is 3.69. The van der Waals surface area contributed by atoms with Crippen molar-refractivity contribution in [1.29, 1.82) is 0 Å². The number of ether oxygens (including phenoxy) is 1. The number of anilines is 1. The molecule has 0 saturated heterocycles. The van der Waals surface area contributed by atoms with E-state index in [1.54, 1.807) is 7.11 Å². The van der Waals surface area contributed by atoms with Gasteiger partial charge in [0.05, 0.1) is 24.2 Å². The number of rotatable bonds is 7. The molecule has 3 rings (SSSR count). The van der Waals surface area contributed by atoms with E-state index in [1.165, 1.54) is 0 Å². The number of nitrogens with one attached hydrogen (secondary N) is 1. The SMILES string of the molecule is CCc1nc(-c2cc3c(cc2OC)C(=O)CC3)c(C)nc1NC(CC)CC. The van der Waals surface area contributed by atoms with Crippen LogP contribution in [0.3, 0.4) is 0 Å². The van der Waals surface area contributed by atoms with Crippen molar-refractivity contribution in [3.8, 4) is 17.0 Å². The van der Waals surface area contributed by atoms with Gasteiger partial charge in [0.25, 0.3) is 0 Å². The van der Waals surface area contributed by atoms with Crippen LogP contribution >= 0.6 is 0 Å². The second kappa shape index (κ2) is 8.07. The number of carbonyl (C=O) groups excluding carboxylic acids is 1. The summed E-state index contributed by atoms with van der Waals surface area (Å²) >= 11 is 0. The Labute approximate surface area is 161 Å². The van der Waals surface area contributed by atoms with E-state index < -0.39 is 0 Å². The number of hydrogen-bond acceptors (Lipinski definition) is 5. The Balaban J connectivity index is 2.09. The molecule has 0 bridgehead atoms. The Hall–Kier alpha value is -2.43. The van der Waals surface area contributed by atoms with Crippen LogP contribution in [-0.2, 0) is 12.8 Å². The van der Waals surface area contributed by atoms with Gasteiger partial charge in [-0.05, 0) is 50.3 Å². The number of methoxy groups -OCH3 is 1. The molecule has 0 spiro atoms. The first kappa shape index (κ1) is 19.3. The average molecular weight is 367 g/mol. The zero-order chi connectivity index (χ0) is 19.6. The summed E-state index contributed by atoms with van der Waals surface area (Å²) in [6.45, 7) is 8.44. The molecule has 5 nitrogen and oxygen atoms in total. The first-order chi connectivity index (χ1) is 13.0. The lowest BCUT2D eigenvalue weighted by atomic mass is 10.0. The molecule has 1 N–H and O–H groups in total. The van der Waals surface area contributed by atoms with Gasteiger partial charge >= 0.3 is 0 Å². The summed E-state index contributed by atoms with van der Waals surface area (Å²) in [5, 5.41) is 3.54. The van der Waals surface area contributed by atoms with Gasteiger partial charge in [0.15, 0.2) is 5.78 Å². The number of aromatic nitrogens is 2.